The van der Waals surface area contributed by atoms with Crippen molar-refractivity contribution in [3.8, 4) is 0 Å². The van der Waals surface area contributed by atoms with E-state index >= 15 is 0 Å². The summed E-state index contributed by atoms with van der Waals surface area (Å²) in [5.41, 5.74) is 0.990. The van der Waals surface area contributed by atoms with Crippen LogP contribution in [0.3, 0.4) is 0 Å². The molecule has 0 spiro atoms. The Morgan fingerprint density at radius 1 is 1.19 bits per heavy atom. The summed E-state index contributed by atoms with van der Waals surface area (Å²) < 4.78 is 32.8. The molecule has 6 nitrogen and oxygen atoms in total. The van der Waals surface area contributed by atoms with Crippen LogP contribution in [0.5, 0.6) is 0 Å². The molecule has 1 aliphatic heterocycles. The van der Waals surface area contributed by atoms with Gasteiger partial charge < -0.3 is 4.74 Å². The molecule has 0 saturated carbocycles. The molecule has 1 aliphatic rings. The number of esters is 1. The Bertz CT molecular complexity index is 889. The smallest absolute Gasteiger partial charge is 0.338 e. The number of sulfonamides is 1. The molecule has 1 saturated heterocycles. The first-order valence-corrected chi connectivity index (χ1v) is 10.5. The fourth-order valence-corrected chi connectivity index (χ4v) is 5.18. The minimum Gasteiger partial charge on any atom is -0.457 e. The molecule has 1 aromatic carbocycles. The lowest BCUT2D eigenvalue weighted by Gasteiger charge is -2.34. The monoisotopic (exact) mass is 388 g/mol. The lowest BCUT2D eigenvalue weighted by atomic mass is 9.94. The first kappa shape index (κ1) is 19.5. The van der Waals surface area contributed by atoms with Crippen LogP contribution in [-0.2, 0) is 21.4 Å². The van der Waals surface area contributed by atoms with Crippen molar-refractivity contribution in [2.24, 2.45) is 11.8 Å². The van der Waals surface area contributed by atoms with E-state index in [-0.39, 0.29) is 17.1 Å². The molecule has 1 fully saturated rings. The van der Waals surface area contributed by atoms with Crippen molar-refractivity contribution >= 4 is 16.0 Å². The second-order valence-corrected chi connectivity index (χ2v) is 9.17. The van der Waals surface area contributed by atoms with Gasteiger partial charge in [0.25, 0.3) is 0 Å². The second-order valence-electron chi connectivity index (χ2n) is 7.23. The zero-order valence-corrected chi connectivity index (χ0v) is 16.4. The zero-order chi connectivity index (χ0) is 19.4. The zero-order valence-electron chi connectivity index (χ0n) is 15.5. The van der Waals surface area contributed by atoms with Gasteiger partial charge in [-0.25, -0.2) is 13.2 Å². The van der Waals surface area contributed by atoms with E-state index in [4.69, 9.17) is 4.74 Å². The first-order valence-electron chi connectivity index (χ1n) is 9.02. The summed E-state index contributed by atoms with van der Waals surface area (Å²) >= 11 is 0. The highest BCUT2D eigenvalue weighted by Gasteiger charge is 2.32. The number of pyridine rings is 1. The number of ether oxygens (including phenoxy) is 1. The second kappa shape index (κ2) is 8.19. The average molecular weight is 388 g/mol. The summed E-state index contributed by atoms with van der Waals surface area (Å²) in [5.74, 6) is 0.0728. The highest BCUT2D eigenvalue weighted by atomic mass is 32.2. The summed E-state index contributed by atoms with van der Waals surface area (Å²) in [4.78, 5) is 16.4. The number of carbonyl (C=O) groups excluding carboxylic acids is 1. The van der Waals surface area contributed by atoms with Crippen molar-refractivity contribution in [1.29, 1.82) is 0 Å². The van der Waals surface area contributed by atoms with E-state index in [1.54, 1.807) is 36.7 Å². The molecule has 2 atom stereocenters. The molecule has 0 N–H and O–H groups in total. The molecular formula is C20H24N2O4S. The van der Waals surface area contributed by atoms with Gasteiger partial charge in [-0.1, -0.05) is 26.0 Å². The Morgan fingerprint density at radius 2 is 1.93 bits per heavy atom. The maximum absolute atomic E-state index is 13.0. The topological polar surface area (TPSA) is 76.6 Å². The van der Waals surface area contributed by atoms with Gasteiger partial charge in [0.2, 0.25) is 10.0 Å². The van der Waals surface area contributed by atoms with Crippen molar-refractivity contribution in [2.45, 2.75) is 31.8 Å². The Kier molecular flexibility index (Phi) is 5.92. The highest BCUT2D eigenvalue weighted by Crippen LogP contribution is 2.27. The standard InChI is InChI=1S/C20H24N2O4S/c1-15-9-16(2)13-22(12-15)27(24,25)19-7-3-6-18(10-19)20(23)26-14-17-5-4-8-21-11-17/h3-8,10-11,15-16H,9,12-14H2,1-2H3. The van der Waals surface area contributed by atoms with Crippen molar-refractivity contribution in [3.63, 3.8) is 0 Å². The summed E-state index contributed by atoms with van der Waals surface area (Å²) in [6.07, 6.45) is 4.28. The summed E-state index contributed by atoms with van der Waals surface area (Å²) in [6.45, 7) is 5.21. The quantitative estimate of drug-likeness (QED) is 0.736. The fraction of sp³-hybridized carbons (Fsp3) is 0.400. The lowest BCUT2D eigenvalue weighted by molar-refractivity contribution is 0.0472. The van der Waals surface area contributed by atoms with E-state index in [1.165, 1.54) is 16.4 Å². The number of aromatic nitrogens is 1. The molecule has 0 bridgehead atoms. The summed E-state index contributed by atoms with van der Waals surface area (Å²) in [6, 6.07) is 9.62. The Labute approximate surface area is 160 Å². The number of piperidine rings is 1. The van der Waals surface area contributed by atoms with Crippen LogP contribution >= 0.6 is 0 Å². The molecule has 0 amide bonds. The lowest BCUT2D eigenvalue weighted by Crippen LogP contribution is -2.42. The van der Waals surface area contributed by atoms with Crippen LogP contribution in [0.4, 0.5) is 0 Å². The van der Waals surface area contributed by atoms with Crippen molar-refractivity contribution < 1.29 is 17.9 Å². The maximum atomic E-state index is 13.0. The van der Waals surface area contributed by atoms with Crippen LogP contribution in [-0.4, -0.2) is 36.8 Å². The van der Waals surface area contributed by atoms with Gasteiger partial charge in [-0.05, 0) is 42.5 Å². The van der Waals surface area contributed by atoms with E-state index in [0.717, 1.165) is 12.0 Å². The molecule has 3 rings (SSSR count). The van der Waals surface area contributed by atoms with E-state index in [0.29, 0.717) is 24.9 Å². The summed E-state index contributed by atoms with van der Waals surface area (Å²) in [7, 11) is -3.64. The fourth-order valence-electron chi connectivity index (χ4n) is 3.45. The maximum Gasteiger partial charge on any atom is 0.338 e. The predicted octanol–water partition coefficient (Wildman–Crippen LogP) is 3.11. The van der Waals surface area contributed by atoms with Crippen LogP contribution < -0.4 is 0 Å². The molecule has 27 heavy (non-hydrogen) atoms. The number of rotatable bonds is 5. The average Bonchev–Trinajstić information content (AvgIpc) is 2.66. The molecule has 144 valence electrons. The minimum absolute atomic E-state index is 0.0881. The SMILES string of the molecule is CC1CC(C)CN(S(=O)(=O)c2cccc(C(=O)OCc3cccnc3)c2)C1. The van der Waals surface area contributed by atoms with Crippen LogP contribution in [0.25, 0.3) is 0 Å². The van der Waals surface area contributed by atoms with E-state index in [1.807, 2.05) is 0 Å². The van der Waals surface area contributed by atoms with Gasteiger partial charge in [0, 0.05) is 31.0 Å². The number of hydrogen-bond donors (Lipinski definition) is 0. The third-order valence-corrected chi connectivity index (χ3v) is 6.46. The molecule has 1 aromatic heterocycles. The molecule has 2 aromatic rings. The molecule has 0 aliphatic carbocycles. The summed E-state index contributed by atoms with van der Waals surface area (Å²) in [5, 5.41) is 0. The number of hydrogen-bond acceptors (Lipinski definition) is 5. The van der Waals surface area contributed by atoms with Crippen molar-refractivity contribution in [3.05, 3.63) is 59.9 Å². The Morgan fingerprint density at radius 3 is 2.59 bits per heavy atom. The third kappa shape index (κ3) is 4.73. The van der Waals surface area contributed by atoms with Gasteiger partial charge in [0.1, 0.15) is 6.61 Å². The molecule has 7 heteroatoms. The molecule has 0 radical (unpaired) electrons. The van der Waals surface area contributed by atoms with Crippen molar-refractivity contribution in [1.82, 2.24) is 9.29 Å². The van der Waals surface area contributed by atoms with Gasteiger partial charge in [0.05, 0.1) is 10.5 Å². The highest BCUT2D eigenvalue weighted by molar-refractivity contribution is 7.89. The number of nitrogens with zero attached hydrogens (tertiary/aromatic N) is 2. The number of carbonyl (C=O) groups is 1. The van der Waals surface area contributed by atoms with E-state index in [2.05, 4.69) is 18.8 Å². The van der Waals surface area contributed by atoms with Crippen LogP contribution in [0.2, 0.25) is 0 Å². The number of benzene rings is 1. The van der Waals surface area contributed by atoms with Crippen molar-refractivity contribution in [2.75, 3.05) is 13.1 Å². The first-order chi connectivity index (χ1) is 12.9. The van der Waals surface area contributed by atoms with Crippen LogP contribution in [0.15, 0.2) is 53.7 Å². The van der Waals surface area contributed by atoms with Gasteiger partial charge >= 0.3 is 5.97 Å². The Balaban J connectivity index is 1.75. The van der Waals surface area contributed by atoms with Crippen LogP contribution in [0, 0.1) is 11.8 Å². The molecule has 2 unspecified atom stereocenters. The largest absolute Gasteiger partial charge is 0.457 e. The van der Waals surface area contributed by atoms with E-state index in [9.17, 15) is 13.2 Å². The minimum atomic E-state index is -3.64. The Hall–Kier alpha value is -2.25. The van der Waals surface area contributed by atoms with Gasteiger partial charge in [-0.15, -0.1) is 0 Å². The van der Waals surface area contributed by atoms with Gasteiger partial charge in [0.15, 0.2) is 0 Å². The predicted molar refractivity (Wildman–Crippen MR) is 102 cm³/mol. The van der Waals surface area contributed by atoms with Crippen LogP contribution in [0.1, 0.15) is 36.2 Å². The molecule has 2 heterocycles. The normalized spacial score (nSPS) is 21.0. The van der Waals surface area contributed by atoms with E-state index < -0.39 is 16.0 Å². The third-order valence-electron chi connectivity index (χ3n) is 4.64. The molecular weight excluding hydrogens is 364 g/mol. The van der Waals surface area contributed by atoms with Gasteiger partial charge in [-0.2, -0.15) is 4.31 Å². The van der Waals surface area contributed by atoms with Gasteiger partial charge in [-0.3, -0.25) is 4.98 Å².